The van der Waals surface area contributed by atoms with E-state index in [2.05, 4.69) is 52.2 Å². The third-order valence-electron chi connectivity index (χ3n) is 4.41. The minimum atomic E-state index is 0. The normalized spacial score (nSPS) is 15.3. The molecule has 0 aliphatic carbocycles. The highest BCUT2D eigenvalue weighted by Crippen LogP contribution is 2.09. The van der Waals surface area contributed by atoms with Gasteiger partial charge in [-0.2, -0.15) is 11.3 Å². The van der Waals surface area contributed by atoms with E-state index in [4.69, 9.17) is 0 Å². The Labute approximate surface area is 182 Å². The van der Waals surface area contributed by atoms with Gasteiger partial charge in [0, 0.05) is 58.7 Å². The second-order valence-electron chi connectivity index (χ2n) is 6.22. The number of nitrogens with zero attached hydrogens (tertiary/aromatic N) is 5. The molecule has 2 aromatic heterocycles. The minimum absolute atomic E-state index is 0. The summed E-state index contributed by atoms with van der Waals surface area (Å²) in [5.41, 5.74) is 1.29. The smallest absolute Gasteiger partial charge is 0.225 e. The quantitative estimate of drug-likeness (QED) is 0.262. The van der Waals surface area contributed by atoms with E-state index in [-0.39, 0.29) is 24.0 Å². The van der Waals surface area contributed by atoms with Crippen LogP contribution >= 0.6 is 35.3 Å². The Kier molecular flexibility index (Phi) is 9.78. The summed E-state index contributed by atoms with van der Waals surface area (Å²) in [7, 11) is 1.81. The van der Waals surface area contributed by atoms with E-state index in [1.807, 2.05) is 13.1 Å². The average Bonchev–Trinajstić information content (AvgIpc) is 3.22. The number of thiophene rings is 1. The van der Waals surface area contributed by atoms with Crippen molar-refractivity contribution in [3.8, 4) is 0 Å². The molecule has 0 bridgehead atoms. The fourth-order valence-corrected chi connectivity index (χ4v) is 3.60. The molecule has 3 heterocycles. The van der Waals surface area contributed by atoms with Crippen LogP contribution < -0.4 is 15.5 Å². The van der Waals surface area contributed by atoms with Crippen molar-refractivity contribution in [3.63, 3.8) is 0 Å². The lowest BCUT2D eigenvalue weighted by Gasteiger charge is -2.34. The highest BCUT2D eigenvalue weighted by molar-refractivity contribution is 14.0. The number of hydrogen-bond donors (Lipinski definition) is 2. The number of halogens is 1. The highest BCUT2D eigenvalue weighted by Gasteiger charge is 2.18. The van der Waals surface area contributed by atoms with E-state index in [0.717, 1.165) is 64.1 Å². The number of hydrogen-bond acceptors (Lipinski definition) is 6. The molecule has 3 rings (SSSR count). The number of rotatable bonds is 7. The van der Waals surface area contributed by atoms with Crippen molar-refractivity contribution in [2.45, 2.75) is 13.0 Å². The summed E-state index contributed by atoms with van der Waals surface area (Å²) in [6, 6.07) is 3.99. The summed E-state index contributed by atoms with van der Waals surface area (Å²) in [4.78, 5) is 17.7. The van der Waals surface area contributed by atoms with Crippen LogP contribution in [0.2, 0.25) is 0 Å². The molecule has 1 aliphatic rings. The van der Waals surface area contributed by atoms with Crippen molar-refractivity contribution >= 4 is 47.2 Å². The van der Waals surface area contributed by atoms with Crippen LogP contribution in [0.5, 0.6) is 0 Å². The van der Waals surface area contributed by atoms with Gasteiger partial charge in [-0.05, 0) is 41.4 Å². The van der Waals surface area contributed by atoms with Crippen molar-refractivity contribution < 1.29 is 0 Å². The lowest BCUT2D eigenvalue weighted by atomic mass is 10.3. The average molecular weight is 501 g/mol. The molecule has 148 valence electrons. The molecule has 0 atom stereocenters. The van der Waals surface area contributed by atoms with Gasteiger partial charge in [-0.1, -0.05) is 0 Å². The van der Waals surface area contributed by atoms with Crippen molar-refractivity contribution in [1.82, 2.24) is 25.5 Å². The maximum absolute atomic E-state index is 4.33. The fourth-order valence-electron chi connectivity index (χ4n) is 2.94. The standard InChI is InChI=1S/C18H27N7S.HI/c1-19-17(23-14-16-4-13-26-15-16)20-7-3-8-24-9-11-25(12-10-24)18-21-5-2-6-22-18;/h2,4-6,13,15H,3,7-12,14H2,1H3,(H2,19,20,23);1H. The maximum atomic E-state index is 4.33. The molecule has 0 spiro atoms. The number of aliphatic imine (C=N–C) groups is 1. The molecular formula is C18H28IN7S. The predicted molar refractivity (Wildman–Crippen MR) is 123 cm³/mol. The van der Waals surface area contributed by atoms with E-state index in [0.29, 0.717) is 0 Å². The molecule has 0 aromatic carbocycles. The largest absolute Gasteiger partial charge is 0.356 e. The van der Waals surface area contributed by atoms with Crippen molar-refractivity contribution in [3.05, 3.63) is 40.8 Å². The van der Waals surface area contributed by atoms with Crippen LogP contribution in [0.3, 0.4) is 0 Å². The fraction of sp³-hybridized carbons (Fsp3) is 0.500. The summed E-state index contributed by atoms with van der Waals surface area (Å²) in [5, 5.41) is 11.0. The number of aromatic nitrogens is 2. The first-order valence-corrected chi connectivity index (χ1v) is 9.99. The van der Waals surface area contributed by atoms with Crippen LogP contribution in [0, 0.1) is 0 Å². The molecule has 0 saturated carbocycles. The van der Waals surface area contributed by atoms with Crippen LogP contribution in [0.1, 0.15) is 12.0 Å². The van der Waals surface area contributed by atoms with E-state index < -0.39 is 0 Å². The van der Waals surface area contributed by atoms with Crippen LogP contribution in [-0.4, -0.2) is 67.1 Å². The molecule has 1 fully saturated rings. The zero-order valence-corrected chi connectivity index (χ0v) is 18.8. The van der Waals surface area contributed by atoms with Crippen molar-refractivity contribution in [2.24, 2.45) is 4.99 Å². The molecule has 9 heteroatoms. The Morgan fingerprint density at radius 2 is 1.96 bits per heavy atom. The highest BCUT2D eigenvalue weighted by atomic mass is 127. The van der Waals surface area contributed by atoms with Gasteiger partial charge in [0.05, 0.1) is 0 Å². The Morgan fingerprint density at radius 1 is 1.19 bits per heavy atom. The van der Waals surface area contributed by atoms with Gasteiger partial charge in [-0.25, -0.2) is 9.97 Å². The third-order valence-corrected chi connectivity index (χ3v) is 5.15. The van der Waals surface area contributed by atoms with Crippen LogP contribution in [-0.2, 0) is 6.54 Å². The minimum Gasteiger partial charge on any atom is -0.356 e. The van der Waals surface area contributed by atoms with E-state index in [9.17, 15) is 0 Å². The van der Waals surface area contributed by atoms with Gasteiger partial charge < -0.3 is 15.5 Å². The molecule has 7 nitrogen and oxygen atoms in total. The number of anilines is 1. The summed E-state index contributed by atoms with van der Waals surface area (Å²) in [6.45, 7) is 6.92. The Morgan fingerprint density at radius 3 is 2.63 bits per heavy atom. The molecule has 2 aromatic rings. The Balaban J connectivity index is 0.00000261. The number of nitrogens with one attached hydrogen (secondary N) is 2. The molecular weight excluding hydrogens is 473 g/mol. The van der Waals surface area contributed by atoms with E-state index >= 15 is 0 Å². The SMILES string of the molecule is CN=C(NCCCN1CCN(c2ncccn2)CC1)NCc1ccsc1.I. The predicted octanol–water partition coefficient (Wildman–Crippen LogP) is 2.03. The van der Waals surface area contributed by atoms with Crippen LogP contribution in [0.15, 0.2) is 40.3 Å². The van der Waals surface area contributed by atoms with E-state index in [1.165, 1.54) is 5.56 Å². The van der Waals surface area contributed by atoms with Gasteiger partial charge in [-0.3, -0.25) is 9.89 Å². The van der Waals surface area contributed by atoms with E-state index in [1.54, 1.807) is 23.7 Å². The summed E-state index contributed by atoms with van der Waals surface area (Å²) >= 11 is 1.72. The topological polar surface area (TPSA) is 68.7 Å². The van der Waals surface area contributed by atoms with Crippen LogP contribution in [0.25, 0.3) is 0 Å². The summed E-state index contributed by atoms with van der Waals surface area (Å²) in [5.74, 6) is 1.71. The molecule has 0 amide bonds. The Bertz CT molecular complexity index is 658. The van der Waals surface area contributed by atoms with Gasteiger partial charge >= 0.3 is 0 Å². The second-order valence-corrected chi connectivity index (χ2v) is 7.00. The van der Waals surface area contributed by atoms with Gasteiger partial charge in [0.2, 0.25) is 5.95 Å². The maximum Gasteiger partial charge on any atom is 0.225 e. The molecule has 0 radical (unpaired) electrons. The first-order chi connectivity index (χ1) is 12.8. The lowest BCUT2D eigenvalue weighted by Crippen LogP contribution is -2.47. The molecule has 1 aliphatic heterocycles. The number of piperazine rings is 1. The van der Waals surface area contributed by atoms with Crippen LogP contribution in [0.4, 0.5) is 5.95 Å². The van der Waals surface area contributed by atoms with Gasteiger partial charge in [-0.15, -0.1) is 24.0 Å². The zero-order valence-electron chi connectivity index (χ0n) is 15.7. The molecule has 0 unspecified atom stereocenters. The Hall–Kier alpha value is -1.46. The van der Waals surface area contributed by atoms with Gasteiger partial charge in [0.1, 0.15) is 0 Å². The van der Waals surface area contributed by atoms with Gasteiger partial charge in [0.25, 0.3) is 0 Å². The second kappa shape index (κ2) is 12.1. The first kappa shape index (κ1) is 21.8. The first-order valence-electron chi connectivity index (χ1n) is 9.05. The molecule has 2 N–H and O–H groups in total. The molecule has 1 saturated heterocycles. The monoisotopic (exact) mass is 501 g/mol. The van der Waals surface area contributed by atoms with Gasteiger partial charge in [0.15, 0.2) is 5.96 Å². The zero-order chi connectivity index (χ0) is 18.0. The van der Waals surface area contributed by atoms with Crippen molar-refractivity contribution in [2.75, 3.05) is 51.2 Å². The third kappa shape index (κ3) is 7.23. The lowest BCUT2D eigenvalue weighted by molar-refractivity contribution is 0.254. The number of guanidine groups is 1. The van der Waals surface area contributed by atoms with Crippen molar-refractivity contribution in [1.29, 1.82) is 0 Å². The summed E-state index contributed by atoms with van der Waals surface area (Å²) in [6.07, 6.45) is 4.71. The summed E-state index contributed by atoms with van der Waals surface area (Å²) < 4.78 is 0. The molecule has 27 heavy (non-hydrogen) atoms.